The molecular weight excluding hydrogens is 166 g/mol. The molecule has 1 rings (SSSR count). The van der Waals surface area contributed by atoms with Gasteiger partial charge in [-0.2, -0.15) is 10.4 Å². The summed E-state index contributed by atoms with van der Waals surface area (Å²) in [4.78, 5) is 0. The molecule has 0 unspecified atom stereocenters. The molecule has 4 heteroatoms. The molecule has 0 aliphatic carbocycles. The second-order valence-electron chi connectivity index (χ2n) is 2.39. The number of aliphatic hydroxyl groups excluding tert-OH is 1. The number of nitriles is 1. The van der Waals surface area contributed by atoms with Gasteiger partial charge in [0.1, 0.15) is 17.3 Å². The third-order valence-corrected chi connectivity index (χ3v) is 1.53. The van der Waals surface area contributed by atoms with Gasteiger partial charge in [-0.3, -0.25) is 0 Å². The minimum absolute atomic E-state index is 0.129. The van der Waals surface area contributed by atoms with Crippen LogP contribution >= 0.6 is 0 Å². The second-order valence-corrected chi connectivity index (χ2v) is 2.39. The van der Waals surface area contributed by atoms with Crippen LogP contribution in [0.5, 0.6) is 0 Å². The summed E-state index contributed by atoms with van der Waals surface area (Å²) < 4.78 is 0. The van der Waals surface area contributed by atoms with Crippen molar-refractivity contribution in [3.05, 3.63) is 35.9 Å². The standard InChI is InChI=1S/C9H9N3O/c1-3-4-12-7(2)9(13)8(5-10)6-11-12/h3-4,6,13H,2H2,1H3/b4-3-. The zero-order valence-electron chi connectivity index (χ0n) is 7.23. The lowest BCUT2D eigenvalue weighted by Gasteiger charge is -2.19. The summed E-state index contributed by atoms with van der Waals surface area (Å²) in [6.07, 6.45) is 4.69. The zero-order chi connectivity index (χ0) is 9.84. The number of hydrogen-bond donors (Lipinski definition) is 1. The van der Waals surface area contributed by atoms with E-state index in [1.807, 2.05) is 13.0 Å². The van der Waals surface area contributed by atoms with Crippen molar-refractivity contribution in [3.8, 4) is 6.07 Å². The van der Waals surface area contributed by atoms with Gasteiger partial charge in [-0.05, 0) is 6.92 Å². The normalized spacial score (nSPS) is 16.9. The van der Waals surface area contributed by atoms with E-state index < -0.39 is 0 Å². The number of hydrazone groups is 1. The molecule has 1 N–H and O–H groups in total. The van der Waals surface area contributed by atoms with E-state index in [0.717, 1.165) is 0 Å². The van der Waals surface area contributed by atoms with Crippen LogP contribution in [0.25, 0.3) is 0 Å². The van der Waals surface area contributed by atoms with Crippen molar-refractivity contribution in [1.82, 2.24) is 5.01 Å². The highest BCUT2D eigenvalue weighted by Crippen LogP contribution is 2.18. The number of nitrogens with zero attached hydrogens (tertiary/aromatic N) is 3. The average molecular weight is 175 g/mol. The Morgan fingerprint density at radius 3 is 3.00 bits per heavy atom. The molecule has 0 bridgehead atoms. The molecule has 1 heterocycles. The van der Waals surface area contributed by atoms with Crippen LogP contribution in [0.15, 0.2) is 41.0 Å². The lowest BCUT2D eigenvalue weighted by molar-refractivity contribution is 0.366. The predicted octanol–water partition coefficient (Wildman–Crippen LogP) is 1.67. The van der Waals surface area contributed by atoms with E-state index in [2.05, 4.69) is 11.7 Å². The monoisotopic (exact) mass is 175 g/mol. The van der Waals surface area contributed by atoms with Crippen molar-refractivity contribution in [2.24, 2.45) is 5.10 Å². The highest BCUT2D eigenvalue weighted by Gasteiger charge is 2.16. The molecule has 0 atom stereocenters. The Morgan fingerprint density at radius 2 is 2.46 bits per heavy atom. The first kappa shape index (κ1) is 9.07. The van der Waals surface area contributed by atoms with Gasteiger partial charge in [-0.25, -0.2) is 5.01 Å². The summed E-state index contributed by atoms with van der Waals surface area (Å²) in [5, 5.41) is 23.3. The predicted molar refractivity (Wildman–Crippen MR) is 49.6 cm³/mol. The molecule has 0 aromatic heterocycles. The van der Waals surface area contributed by atoms with Gasteiger partial charge in [-0.1, -0.05) is 12.7 Å². The van der Waals surface area contributed by atoms with E-state index in [1.54, 1.807) is 12.3 Å². The summed E-state index contributed by atoms with van der Waals surface area (Å²) in [6.45, 7) is 5.42. The molecular formula is C9H9N3O. The topological polar surface area (TPSA) is 59.6 Å². The minimum Gasteiger partial charge on any atom is -0.504 e. The second kappa shape index (κ2) is 3.59. The largest absolute Gasteiger partial charge is 0.504 e. The molecule has 0 aromatic rings. The summed E-state index contributed by atoms with van der Waals surface area (Å²) in [5.41, 5.74) is 0.433. The lowest BCUT2D eigenvalue weighted by Crippen LogP contribution is -2.16. The van der Waals surface area contributed by atoms with E-state index in [-0.39, 0.29) is 11.3 Å². The van der Waals surface area contributed by atoms with Gasteiger partial charge in [0.25, 0.3) is 0 Å². The molecule has 0 radical (unpaired) electrons. The third kappa shape index (κ3) is 1.59. The number of rotatable bonds is 1. The fourth-order valence-corrected chi connectivity index (χ4v) is 0.866. The van der Waals surface area contributed by atoms with Gasteiger partial charge >= 0.3 is 0 Å². The van der Waals surface area contributed by atoms with Crippen LogP contribution in [0, 0.1) is 11.3 Å². The first-order valence-corrected chi connectivity index (χ1v) is 3.69. The first-order chi connectivity index (χ1) is 6.20. The zero-order valence-corrected chi connectivity index (χ0v) is 7.23. The van der Waals surface area contributed by atoms with Gasteiger partial charge in [0, 0.05) is 6.20 Å². The van der Waals surface area contributed by atoms with Gasteiger partial charge in [-0.15, -0.1) is 0 Å². The molecule has 0 saturated heterocycles. The number of allylic oxidation sites excluding steroid dienone is 2. The Kier molecular flexibility index (Phi) is 2.50. The summed E-state index contributed by atoms with van der Waals surface area (Å²) >= 11 is 0. The highest BCUT2D eigenvalue weighted by molar-refractivity contribution is 5.86. The number of hydrogen-bond acceptors (Lipinski definition) is 4. The SMILES string of the molecule is C=C1C(O)=C(C#N)C=NN1/C=C\C. The molecule has 4 nitrogen and oxygen atoms in total. The number of aliphatic hydroxyl groups is 1. The van der Waals surface area contributed by atoms with Crippen LogP contribution in [0.3, 0.4) is 0 Å². The molecule has 0 spiro atoms. The minimum atomic E-state index is -0.129. The fourth-order valence-electron chi connectivity index (χ4n) is 0.866. The molecule has 66 valence electrons. The van der Waals surface area contributed by atoms with Gasteiger partial charge in [0.15, 0.2) is 5.76 Å². The average Bonchev–Trinajstić information content (AvgIpc) is 2.14. The van der Waals surface area contributed by atoms with Gasteiger partial charge in [0.2, 0.25) is 0 Å². The van der Waals surface area contributed by atoms with E-state index in [1.165, 1.54) is 11.2 Å². The quantitative estimate of drug-likeness (QED) is 0.659. The molecule has 0 saturated carbocycles. The van der Waals surface area contributed by atoms with Crippen molar-refractivity contribution >= 4 is 6.21 Å². The van der Waals surface area contributed by atoms with Crippen LogP contribution in [-0.4, -0.2) is 16.3 Å². The van der Waals surface area contributed by atoms with Crippen molar-refractivity contribution in [2.75, 3.05) is 0 Å². The maximum Gasteiger partial charge on any atom is 0.160 e. The summed E-state index contributed by atoms with van der Waals surface area (Å²) in [6, 6.07) is 1.82. The van der Waals surface area contributed by atoms with Crippen molar-refractivity contribution in [2.45, 2.75) is 6.92 Å². The molecule has 0 amide bonds. The van der Waals surface area contributed by atoms with Crippen LogP contribution in [0.2, 0.25) is 0 Å². The third-order valence-electron chi connectivity index (χ3n) is 1.53. The van der Waals surface area contributed by atoms with Crippen molar-refractivity contribution in [3.63, 3.8) is 0 Å². The maximum atomic E-state index is 9.43. The van der Waals surface area contributed by atoms with Crippen LogP contribution < -0.4 is 0 Å². The van der Waals surface area contributed by atoms with Gasteiger partial charge < -0.3 is 5.11 Å². The first-order valence-electron chi connectivity index (χ1n) is 3.69. The molecule has 0 aromatic carbocycles. The van der Waals surface area contributed by atoms with Gasteiger partial charge in [0.05, 0.1) is 6.21 Å². The van der Waals surface area contributed by atoms with Crippen LogP contribution in [0.1, 0.15) is 6.92 Å². The Morgan fingerprint density at radius 1 is 1.77 bits per heavy atom. The van der Waals surface area contributed by atoms with Crippen LogP contribution in [0.4, 0.5) is 0 Å². The molecule has 13 heavy (non-hydrogen) atoms. The Balaban J connectivity index is 3.01. The molecule has 1 aliphatic heterocycles. The summed E-state index contributed by atoms with van der Waals surface area (Å²) in [7, 11) is 0. The molecule has 1 aliphatic rings. The lowest BCUT2D eigenvalue weighted by atomic mass is 10.2. The Labute approximate surface area is 76.4 Å². The van der Waals surface area contributed by atoms with E-state index in [9.17, 15) is 5.11 Å². The molecule has 0 fully saturated rings. The summed E-state index contributed by atoms with van der Waals surface area (Å²) in [5.74, 6) is -0.129. The van der Waals surface area contributed by atoms with Crippen LogP contribution in [-0.2, 0) is 0 Å². The highest BCUT2D eigenvalue weighted by atomic mass is 16.3. The Hall–Kier alpha value is -2.02. The van der Waals surface area contributed by atoms with Crippen molar-refractivity contribution < 1.29 is 5.11 Å². The Bertz CT molecular complexity index is 358. The van der Waals surface area contributed by atoms with E-state index in [0.29, 0.717) is 5.70 Å². The van der Waals surface area contributed by atoms with E-state index >= 15 is 0 Å². The fraction of sp³-hybridized carbons (Fsp3) is 0.111. The van der Waals surface area contributed by atoms with Crippen molar-refractivity contribution in [1.29, 1.82) is 5.26 Å². The van der Waals surface area contributed by atoms with E-state index in [4.69, 9.17) is 5.26 Å². The smallest absolute Gasteiger partial charge is 0.160 e. The maximum absolute atomic E-state index is 9.43.